The Kier molecular flexibility index (Phi) is 5.15. The van der Waals surface area contributed by atoms with Crippen LogP contribution >= 0.6 is 0 Å². The van der Waals surface area contributed by atoms with Crippen molar-refractivity contribution in [3.63, 3.8) is 0 Å². The molecule has 1 aliphatic rings. The minimum Gasteiger partial charge on any atom is -0.385 e. The normalized spacial score (nSPS) is 21.4. The molecule has 110 valence electrons. The van der Waals surface area contributed by atoms with E-state index in [1.165, 1.54) is 0 Å². The Bertz CT molecular complexity index is 425. The lowest BCUT2D eigenvalue weighted by atomic mass is 9.92. The van der Waals surface area contributed by atoms with E-state index in [1.807, 2.05) is 30.3 Å². The van der Waals surface area contributed by atoms with Crippen LogP contribution in [0.2, 0.25) is 0 Å². The molecule has 1 aliphatic heterocycles. The van der Waals surface area contributed by atoms with Gasteiger partial charge in [-0.25, -0.2) is 0 Å². The molecule has 0 spiro atoms. The molecule has 1 heterocycles. The highest BCUT2D eigenvalue weighted by Gasteiger charge is 2.26. The van der Waals surface area contributed by atoms with Gasteiger partial charge in [-0.1, -0.05) is 30.3 Å². The van der Waals surface area contributed by atoms with Crippen molar-refractivity contribution >= 4 is 5.91 Å². The smallest absolute Gasteiger partial charge is 0.223 e. The molecule has 4 heteroatoms. The zero-order chi connectivity index (χ0) is 14.4. The first-order valence-electron chi connectivity index (χ1n) is 7.24. The maximum Gasteiger partial charge on any atom is 0.223 e. The van der Waals surface area contributed by atoms with Crippen molar-refractivity contribution in [2.75, 3.05) is 13.2 Å². The van der Waals surface area contributed by atoms with Gasteiger partial charge in [0.05, 0.1) is 18.1 Å². The van der Waals surface area contributed by atoms with Crippen molar-refractivity contribution in [3.8, 4) is 0 Å². The average molecular weight is 277 g/mol. The third-order valence-corrected chi connectivity index (χ3v) is 3.71. The summed E-state index contributed by atoms with van der Waals surface area (Å²) in [7, 11) is 0. The second kappa shape index (κ2) is 6.86. The monoisotopic (exact) mass is 277 g/mol. The molecular weight excluding hydrogens is 254 g/mol. The van der Waals surface area contributed by atoms with Crippen LogP contribution < -0.4 is 5.32 Å². The van der Waals surface area contributed by atoms with E-state index in [0.717, 1.165) is 31.4 Å². The standard InChI is InChI=1S/C16H23NO3/c1-16(19,13-6-3-2-4-7-13)12-15(18)17-10-9-14-8-5-11-20-14/h2-4,6-7,14,19H,5,8-12H2,1H3,(H,17,18). The number of hydrogen-bond donors (Lipinski definition) is 2. The van der Waals surface area contributed by atoms with Gasteiger partial charge in [-0.2, -0.15) is 0 Å². The van der Waals surface area contributed by atoms with Gasteiger partial charge in [0, 0.05) is 13.2 Å². The van der Waals surface area contributed by atoms with Crippen LogP contribution in [0.5, 0.6) is 0 Å². The Labute approximate surface area is 120 Å². The van der Waals surface area contributed by atoms with Crippen LogP contribution in [0.25, 0.3) is 0 Å². The third-order valence-electron chi connectivity index (χ3n) is 3.71. The molecule has 20 heavy (non-hydrogen) atoms. The molecular formula is C16H23NO3. The SMILES string of the molecule is CC(O)(CC(=O)NCCC1CCCO1)c1ccccc1. The van der Waals surface area contributed by atoms with Crippen LogP contribution in [0.3, 0.4) is 0 Å². The number of amides is 1. The summed E-state index contributed by atoms with van der Waals surface area (Å²) in [5.41, 5.74) is -0.371. The van der Waals surface area contributed by atoms with Crippen molar-refractivity contribution in [1.29, 1.82) is 0 Å². The molecule has 2 N–H and O–H groups in total. The van der Waals surface area contributed by atoms with Crippen molar-refractivity contribution < 1.29 is 14.6 Å². The van der Waals surface area contributed by atoms with Crippen LogP contribution in [0.4, 0.5) is 0 Å². The Morgan fingerprint density at radius 3 is 2.85 bits per heavy atom. The lowest BCUT2D eigenvalue weighted by Gasteiger charge is -2.23. The molecule has 0 aromatic heterocycles. The summed E-state index contributed by atoms with van der Waals surface area (Å²) in [6, 6.07) is 9.28. The van der Waals surface area contributed by atoms with E-state index < -0.39 is 5.60 Å². The first kappa shape index (κ1) is 15.0. The largest absolute Gasteiger partial charge is 0.385 e. The maximum atomic E-state index is 11.9. The minimum absolute atomic E-state index is 0.0720. The zero-order valence-corrected chi connectivity index (χ0v) is 12.0. The topological polar surface area (TPSA) is 58.6 Å². The number of ether oxygens (including phenoxy) is 1. The summed E-state index contributed by atoms with van der Waals surface area (Å²) < 4.78 is 5.50. The molecule has 2 rings (SSSR count). The van der Waals surface area contributed by atoms with Crippen molar-refractivity contribution in [2.24, 2.45) is 0 Å². The number of rotatable bonds is 6. The Morgan fingerprint density at radius 2 is 2.20 bits per heavy atom. The first-order valence-corrected chi connectivity index (χ1v) is 7.24. The zero-order valence-electron chi connectivity index (χ0n) is 12.0. The van der Waals surface area contributed by atoms with E-state index in [1.54, 1.807) is 6.92 Å². The van der Waals surface area contributed by atoms with Gasteiger partial charge < -0.3 is 15.2 Å². The van der Waals surface area contributed by atoms with E-state index in [9.17, 15) is 9.90 Å². The van der Waals surface area contributed by atoms with E-state index in [4.69, 9.17) is 4.74 Å². The van der Waals surface area contributed by atoms with Crippen LogP contribution in [0.1, 0.15) is 38.2 Å². The predicted molar refractivity (Wildman–Crippen MR) is 77.2 cm³/mol. The molecule has 1 aromatic carbocycles. The van der Waals surface area contributed by atoms with Gasteiger partial charge in [0.25, 0.3) is 0 Å². The van der Waals surface area contributed by atoms with Gasteiger partial charge >= 0.3 is 0 Å². The molecule has 0 saturated carbocycles. The van der Waals surface area contributed by atoms with E-state index in [2.05, 4.69) is 5.32 Å². The van der Waals surface area contributed by atoms with Gasteiger partial charge in [0.1, 0.15) is 0 Å². The fourth-order valence-electron chi connectivity index (χ4n) is 2.52. The number of carbonyl (C=O) groups excluding carboxylic acids is 1. The molecule has 0 bridgehead atoms. The molecule has 4 nitrogen and oxygen atoms in total. The lowest BCUT2D eigenvalue weighted by Crippen LogP contribution is -2.34. The summed E-state index contributed by atoms with van der Waals surface area (Å²) in [4.78, 5) is 11.9. The van der Waals surface area contributed by atoms with Gasteiger partial charge in [-0.15, -0.1) is 0 Å². The quantitative estimate of drug-likeness (QED) is 0.836. The van der Waals surface area contributed by atoms with Crippen molar-refractivity contribution in [3.05, 3.63) is 35.9 Å². The van der Waals surface area contributed by atoms with Crippen LogP contribution in [-0.2, 0) is 15.1 Å². The van der Waals surface area contributed by atoms with Gasteiger partial charge in [0.2, 0.25) is 5.91 Å². The number of benzene rings is 1. The highest BCUT2D eigenvalue weighted by molar-refractivity contribution is 5.77. The number of nitrogens with one attached hydrogen (secondary N) is 1. The summed E-state index contributed by atoms with van der Waals surface area (Å²) in [6.45, 7) is 3.11. The molecule has 1 amide bonds. The fraction of sp³-hybridized carbons (Fsp3) is 0.562. The van der Waals surface area contributed by atoms with E-state index >= 15 is 0 Å². The Hall–Kier alpha value is -1.39. The molecule has 0 radical (unpaired) electrons. The Morgan fingerprint density at radius 1 is 1.45 bits per heavy atom. The highest BCUT2D eigenvalue weighted by atomic mass is 16.5. The van der Waals surface area contributed by atoms with Crippen molar-refractivity contribution in [1.82, 2.24) is 5.32 Å². The molecule has 1 saturated heterocycles. The Balaban J connectivity index is 1.75. The lowest BCUT2D eigenvalue weighted by molar-refractivity contribution is -0.125. The molecule has 0 aliphatic carbocycles. The maximum absolute atomic E-state index is 11.9. The summed E-state index contributed by atoms with van der Waals surface area (Å²) in [5, 5.41) is 13.2. The fourth-order valence-corrected chi connectivity index (χ4v) is 2.52. The predicted octanol–water partition coefficient (Wildman–Crippen LogP) is 1.97. The van der Waals surface area contributed by atoms with E-state index in [0.29, 0.717) is 6.54 Å². The van der Waals surface area contributed by atoms with Gasteiger partial charge in [-0.3, -0.25) is 4.79 Å². The highest BCUT2D eigenvalue weighted by Crippen LogP contribution is 2.23. The molecule has 1 fully saturated rings. The molecule has 2 atom stereocenters. The van der Waals surface area contributed by atoms with Crippen LogP contribution in [0, 0.1) is 0 Å². The summed E-state index contributed by atoms with van der Waals surface area (Å²) >= 11 is 0. The second-order valence-electron chi connectivity index (χ2n) is 5.59. The molecule has 1 aromatic rings. The minimum atomic E-state index is -1.13. The van der Waals surface area contributed by atoms with E-state index in [-0.39, 0.29) is 18.4 Å². The summed E-state index contributed by atoms with van der Waals surface area (Å²) in [5.74, 6) is -0.128. The average Bonchev–Trinajstić information content (AvgIpc) is 2.92. The van der Waals surface area contributed by atoms with Crippen molar-refractivity contribution in [2.45, 2.75) is 44.3 Å². The second-order valence-corrected chi connectivity index (χ2v) is 5.59. The third kappa shape index (κ3) is 4.32. The van der Waals surface area contributed by atoms with Crippen LogP contribution in [0.15, 0.2) is 30.3 Å². The molecule has 2 unspecified atom stereocenters. The van der Waals surface area contributed by atoms with Crippen LogP contribution in [-0.4, -0.2) is 30.3 Å². The number of carbonyl (C=O) groups is 1. The number of hydrogen-bond acceptors (Lipinski definition) is 3. The van der Waals surface area contributed by atoms with Gasteiger partial charge in [-0.05, 0) is 31.7 Å². The first-order chi connectivity index (χ1) is 9.58. The number of aliphatic hydroxyl groups is 1. The summed E-state index contributed by atoms with van der Waals surface area (Å²) in [6.07, 6.45) is 3.39. The van der Waals surface area contributed by atoms with Gasteiger partial charge in [0.15, 0.2) is 0 Å².